The molecule has 0 bridgehead atoms. The van der Waals surface area contributed by atoms with Crippen LogP contribution in [-0.2, 0) is 11.3 Å². The maximum atomic E-state index is 13.1. The van der Waals surface area contributed by atoms with Gasteiger partial charge in [0.1, 0.15) is 12.6 Å². The fourth-order valence-corrected chi connectivity index (χ4v) is 3.52. The number of ketones is 1. The number of β-amino-alcohol motifs (C(OH)–C–C–N with tert-alkyl or cyclic N) is 1. The second-order valence-corrected chi connectivity index (χ2v) is 6.71. The molecule has 0 saturated carbocycles. The minimum Gasteiger partial charge on any atom is -0.445 e. The summed E-state index contributed by atoms with van der Waals surface area (Å²) >= 11 is 0. The van der Waals surface area contributed by atoms with Crippen LogP contribution in [0.2, 0.25) is 0 Å². The summed E-state index contributed by atoms with van der Waals surface area (Å²) in [6, 6.07) is 16.1. The molecule has 3 aromatic rings. The Morgan fingerprint density at radius 3 is 2.67 bits per heavy atom. The van der Waals surface area contributed by atoms with Crippen molar-refractivity contribution < 1.29 is 19.4 Å². The van der Waals surface area contributed by atoms with Gasteiger partial charge in [0.2, 0.25) is 0 Å². The number of para-hydroxylation sites is 1. The number of hydrogen-bond acceptors (Lipinski definition) is 4. The van der Waals surface area contributed by atoms with Crippen molar-refractivity contribution in [2.24, 2.45) is 0 Å². The predicted octanol–water partition coefficient (Wildman–Crippen LogP) is 3.12. The van der Waals surface area contributed by atoms with E-state index in [9.17, 15) is 14.7 Å². The zero-order valence-electron chi connectivity index (χ0n) is 14.7. The van der Waals surface area contributed by atoms with E-state index in [1.807, 2.05) is 54.6 Å². The Balaban J connectivity index is 1.52. The Bertz CT molecular complexity index is 966. The summed E-state index contributed by atoms with van der Waals surface area (Å²) in [5.41, 5.74) is 2.24. The lowest BCUT2D eigenvalue weighted by atomic mass is 10.0. The number of aromatic nitrogens is 1. The van der Waals surface area contributed by atoms with Gasteiger partial charge in [0, 0.05) is 29.1 Å². The molecule has 0 aliphatic carbocycles. The number of hydrogen-bond donors (Lipinski definition) is 2. The van der Waals surface area contributed by atoms with Crippen LogP contribution in [0.15, 0.2) is 60.8 Å². The number of likely N-dealkylation sites (tertiary alicyclic amines) is 1. The summed E-state index contributed by atoms with van der Waals surface area (Å²) in [5.74, 6) is -0.194. The van der Waals surface area contributed by atoms with E-state index in [2.05, 4.69) is 4.98 Å². The fraction of sp³-hybridized carbons (Fsp3) is 0.238. The number of Topliss-reactive ketones (excluding diaryl/α,β-unsaturated/α-hetero) is 1. The number of H-pyrrole nitrogens is 1. The van der Waals surface area contributed by atoms with Crippen LogP contribution in [0, 0.1) is 0 Å². The number of benzene rings is 2. The molecule has 2 heterocycles. The van der Waals surface area contributed by atoms with Gasteiger partial charge in [0.15, 0.2) is 5.78 Å². The molecule has 1 aliphatic rings. The van der Waals surface area contributed by atoms with Crippen LogP contribution in [0.1, 0.15) is 22.3 Å². The highest BCUT2D eigenvalue weighted by molar-refractivity contribution is 6.11. The van der Waals surface area contributed by atoms with Crippen LogP contribution in [0.3, 0.4) is 0 Å². The second-order valence-electron chi connectivity index (χ2n) is 6.71. The molecule has 1 aromatic heterocycles. The molecule has 4 rings (SSSR count). The van der Waals surface area contributed by atoms with Gasteiger partial charge in [-0.15, -0.1) is 0 Å². The number of aliphatic hydroxyl groups is 1. The zero-order valence-corrected chi connectivity index (χ0v) is 14.7. The van der Waals surface area contributed by atoms with E-state index in [-0.39, 0.29) is 25.4 Å². The fourth-order valence-electron chi connectivity index (χ4n) is 3.52. The standard InChI is InChI=1S/C21H20N2O4/c24-15-10-19(20(25)17-11-22-18-9-5-4-8-16(17)18)23(12-15)21(26)27-13-14-6-2-1-3-7-14/h1-9,11,15,19,22,24H,10,12-13H2. The van der Waals surface area contributed by atoms with Gasteiger partial charge in [0.25, 0.3) is 0 Å². The Kier molecular flexibility index (Phi) is 4.64. The number of aromatic amines is 1. The van der Waals surface area contributed by atoms with E-state index < -0.39 is 18.2 Å². The van der Waals surface area contributed by atoms with Gasteiger partial charge < -0.3 is 14.8 Å². The van der Waals surface area contributed by atoms with Crippen molar-refractivity contribution in [2.45, 2.75) is 25.2 Å². The molecular formula is C21H20N2O4. The van der Waals surface area contributed by atoms with Crippen LogP contribution in [0.5, 0.6) is 0 Å². The normalized spacial score (nSPS) is 19.4. The van der Waals surface area contributed by atoms with E-state index in [4.69, 9.17) is 4.74 Å². The molecule has 0 spiro atoms. The van der Waals surface area contributed by atoms with Gasteiger partial charge in [-0.05, 0) is 11.6 Å². The first-order chi connectivity index (χ1) is 13.1. The highest BCUT2D eigenvalue weighted by Crippen LogP contribution is 2.26. The van der Waals surface area contributed by atoms with Crippen LogP contribution >= 0.6 is 0 Å². The first-order valence-corrected chi connectivity index (χ1v) is 8.89. The van der Waals surface area contributed by atoms with Crippen LogP contribution in [-0.4, -0.2) is 45.6 Å². The topological polar surface area (TPSA) is 82.6 Å². The molecule has 1 aliphatic heterocycles. The number of carbonyl (C=O) groups is 2. The summed E-state index contributed by atoms with van der Waals surface area (Å²) in [6.07, 6.45) is 0.534. The van der Waals surface area contributed by atoms with Crippen molar-refractivity contribution in [2.75, 3.05) is 6.54 Å². The van der Waals surface area contributed by atoms with Crippen molar-refractivity contribution in [3.8, 4) is 0 Å². The van der Waals surface area contributed by atoms with Gasteiger partial charge in [-0.25, -0.2) is 4.79 Å². The second kappa shape index (κ2) is 7.25. The maximum Gasteiger partial charge on any atom is 0.410 e. The molecule has 6 heteroatoms. The summed E-state index contributed by atoms with van der Waals surface area (Å²) < 4.78 is 5.36. The lowest BCUT2D eigenvalue weighted by Gasteiger charge is -2.22. The molecule has 1 fully saturated rings. The maximum absolute atomic E-state index is 13.1. The van der Waals surface area contributed by atoms with Crippen LogP contribution in [0.25, 0.3) is 10.9 Å². The van der Waals surface area contributed by atoms with E-state index in [0.29, 0.717) is 5.56 Å². The van der Waals surface area contributed by atoms with Gasteiger partial charge >= 0.3 is 6.09 Å². The molecule has 1 amide bonds. The average molecular weight is 364 g/mol. The number of rotatable bonds is 4. The van der Waals surface area contributed by atoms with Crippen LogP contribution < -0.4 is 0 Å². The van der Waals surface area contributed by atoms with Gasteiger partial charge in [-0.3, -0.25) is 9.69 Å². The molecule has 2 aromatic carbocycles. The quantitative estimate of drug-likeness (QED) is 0.697. The highest BCUT2D eigenvalue weighted by Gasteiger charge is 2.40. The third kappa shape index (κ3) is 3.44. The monoisotopic (exact) mass is 364 g/mol. The SMILES string of the molecule is O=C(c1c[nH]c2ccccc12)C1CC(O)CN1C(=O)OCc1ccccc1. The van der Waals surface area contributed by atoms with Gasteiger partial charge in [-0.2, -0.15) is 0 Å². The number of nitrogens with zero attached hydrogens (tertiary/aromatic N) is 1. The molecule has 1 saturated heterocycles. The smallest absolute Gasteiger partial charge is 0.410 e. The van der Waals surface area contributed by atoms with E-state index in [1.165, 1.54) is 4.90 Å². The number of ether oxygens (including phenoxy) is 1. The average Bonchev–Trinajstić information content (AvgIpc) is 3.30. The van der Waals surface area contributed by atoms with Gasteiger partial charge in [0.05, 0.1) is 12.6 Å². The molecule has 0 radical (unpaired) electrons. The largest absolute Gasteiger partial charge is 0.445 e. The first-order valence-electron chi connectivity index (χ1n) is 8.89. The number of nitrogens with one attached hydrogen (secondary N) is 1. The van der Waals surface area contributed by atoms with E-state index >= 15 is 0 Å². The van der Waals surface area contributed by atoms with E-state index in [1.54, 1.807) is 6.20 Å². The first kappa shape index (κ1) is 17.3. The van der Waals surface area contributed by atoms with E-state index in [0.717, 1.165) is 16.5 Å². The Morgan fingerprint density at radius 1 is 1.11 bits per heavy atom. The zero-order chi connectivity index (χ0) is 18.8. The molecule has 6 nitrogen and oxygen atoms in total. The van der Waals surface area contributed by atoms with Crippen LogP contribution in [0.4, 0.5) is 4.79 Å². The number of fused-ring (bicyclic) bond motifs is 1. The lowest BCUT2D eigenvalue weighted by molar-refractivity contribution is 0.0730. The molecule has 2 N–H and O–H groups in total. The number of aliphatic hydroxyl groups excluding tert-OH is 1. The predicted molar refractivity (Wildman–Crippen MR) is 100 cm³/mol. The molecule has 138 valence electrons. The number of amides is 1. The van der Waals surface area contributed by atoms with Gasteiger partial charge in [-0.1, -0.05) is 48.5 Å². The molecular weight excluding hydrogens is 344 g/mol. The lowest BCUT2D eigenvalue weighted by Crippen LogP contribution is -2.41. The van der Waals surface area contributed by atoms with Crippen molar-refractivity contribution in [1.29, 1.82) is 0 Å². The summed E-state index contributed by atoms with van der Waals surface area (Å²) in [7, 11) is 0. The number of carbonyl (C=O) groups excluding carboxylic acids is 2. The van der Waals surface area contributed by atoms with Crippen molar-refractivity contribution in [3.63, 3.8) is 0 Å². The molecule has 2 unspecified atom stereocenters. The third-order valence-corrected chi connectivity index (χ3v) is 4.88. The highest BCUT2D eigenvalue weighted by atomic mass is 16.6. The summed E-state index contributed by atoms with van der Waals surface area (Å²) in [5, 5.41) is 10.9. The minimum absolute atomic E-state index is 0.0897. The van der Waals surface area contributed by atoms with Crippen molar-refractivity contribution in [3.05, 3.63) is 71.9 Å². The van der Waals surface area contributed by atoms with Crippen molar-refractivity contribution in [1.82, 2.24) is 9.88 Å². The Hall–Kier alpha value is -3.12. The minimum atomic E-state index is -0.742. The van der Waals surface area contributed by atoms with Crippen molar-refractivity contribution >= 4 is 22.8 Å². The summed E-state index contributed by atoms with van der Waals surface area (Å²) in [4.78, 5) is 30.0. The Morgan fingerprint density at radius 2 is 1.85 bits per heavy atom. The Labute approximate surface area is 156 Å². The molecule has 2 atom stereocenters. The molecule has 27 heavy (non-hydrogen) atoms. The third-order valence-electron chi connectivity index (χ3n) is 4.88. The summed E-state index contributed by atoms with van der Waals surface area (Å²) in [6.45, 7) is 0.215.